The largest absolute Gasteiger partial charge is 0.478 e. The van der Waals surface area contributed by atoms with E-state index < -0.39 is 0 Å². The summed E-state index contributed by atoms with van der Waals surface area (Å²) in [5.41, 5.74) is 1.85. The summed E-state index contributed by atoms with van der Waals surface area (Å²) in [5, 5.41) is 11.7. The molecule has 2 heterocycles. The summed E-state index contributed by atoms with van der Waals surface area (Å²) in [4.78, 5) is 0. The third kappa shape index (κ3) is 2.16. The predicted octanol–water partition coefficient (Wildman–Crippen LogP) is 0.774. The van der Waals surface area contributed by atoms with Crippen LogP contribution in [0.2, 0.25) is 0 Å². The fraction of sp³-hybridized carbons (Fsp3) is 0.400. The van der Waals surface area contributed by atoms with E-state index in [0.717, 1.165) is 11.4 Å². The summed E-state index contributed by atoms with van der Waals surface area (Å²) >= 11 is 0. The molecule has 16 heavy (non-hydrogen) atoms. The molecular weight excluding hydrogens is 206 g/mol. The molecule has 86 valence electrons. The van der Waals surface area contributed by atoms with Crippen LogP contribution in [0.15, 0.2) is 18.5 Å². The second kappa shape index (κ2) is 4.26. The fourth-order valence-electron chi connectivity index (χ4n) is 1.48. The van der Waals surface area contributed by atoms with Crippen LogP contribution in [0, 0.1) is 0 Å². The van der Waals surface area contributed by atoms with Gasteiger partial charge in [0.25, 0.3) is 5.88 Å². The molecule has 0 radical (unpaired) electrons. The molecule has 0 bridgehead atoms. The summed E-state index contributed by atoms with van der Waals surface area (Å²) in [6.07, 6.45) is 3.79. The average molecular weight is 221 g/mol. The van der Waals surface area contributed by atoms with E-state index in [2.05, 4.69) is 15.5 Å². The van der Waals surface area contributed by atoms with Gasteiger partial charge in [0.1, 0.15) is 5.69 Å². The Morgan fingerprint density at radius 2 is 2.12 bits per heavy atom. The summed E-state index contributed by atoms with van der Waals surface area (Å²) in [6.45, 7) is 0.656. The first-order chi connectivity index (χ1) is 7.69. The highest BCUT2D eigenvalue weighted by molar-refractivity contribution is 5.51. The summed E-state index contributed by atoms with van der Waals surface area (Å²) in [6, 6.07) is 1.97. The molecule has 0 fully saturated rings. The number of hydrogen-bond donors (Lipinski definition) is 1. The molecule has 6 heteroatoms. The first-order valence-electron chi connectivity index (χ1n) is 4.99. The highest BCUT2D eigenvalue weighted by Crippen LogP contribution is 2.21. The quantitative estimate of drug-likeness (QED) is 0.828. The highest BCUT2D eigenvalue weighted by atomic mass is 16.5. The number of nitrogens with one attached hydrogen (secondary N) is 1. The Kier molecular flexibility index (Phi) is 2.80. The van der Waals surface area contributed by atoms with Gasteiger partial charge in [0.15, 0.2) is 0 Å². The van der Waals surface area contributed by atoms with E-state index in [0.29, 0.717) is 12.4 Å². The Hall–Kier alpha value is -1.98. The lowest BCUT2D eigenvalue weighted by Gasteiger charge is -2.02. The normalized spacial score (nSPS) is 10.4. The molecular formula is C10H15N5O. The smallest absolute Gasteiger partial charge is 0.256 e. The van der Waals surface area contributed by atoms with Crippen molar-refractivity contribution in [2.45, 2.75) is 6.54 Å². The van der Waals surface area contributed by atoms with E-state index in [-0.39, 0.29) is 0 Å². The van der Waals surface area contributed by atoms with E-state index in [1.54, 1.807) is 16.5 Å². The number of rotatable bonds is 4. The minimum absolute atomic E-state index is 0.596. The topological polar surface area (TPSA) is 56.9 Å². The Morgan fingerprint density at radius 3 is 2.75 bits per heavy atom. The molecule has 2 aromatic rings. The van der Waals surface area contributed by atoms with Crippen LogP contribution >= 0.6 is 0 Å². The SMILES string of the molecule is COc1nn(C)cc1NCc1ccn(C)n1. The standard InChI is InChI=1S/C10H15N5O/c1-14-5-4-8(12-14)6-11-9-7-15(2)13-10(9)16-3/h4-5,7,11H,6H2,1-3H3. The molecule has 0 aliphatic carbocycles. The highest BCUT2D eigenvalue weighted by Gasteiger charge is 2.07. The van der Waals surface area contributed by atoms with Crippen LogP contribution in [0.1, 0.15) is 5.69 Å². The van der Waals surface area contributed by atoms with Crippen molar-refractivity contribution in [2.24, 2.45) is 14.1 Å². The third-order valence-corrected chi connectivity index (χ3v) is 2.22. The number of aromatic nitrogens is 4. The van der Waals surface area contributed by atoms with Gasteiger partial charge in [-0.25, -0.2) is 0 Å². The third-order valence-electron chi connectivity index (χ3n) is 2.22. The van der Waals surface area contributed by atoms with E-state index in [4.69, 9.17) is 4.74 Å². The molecule has 2 rings (SSSR count). The Bertz CT molecular complexity index is 473. The van der Waals surface area contributed by atoms with Crippen LogP contribution in [0.4, 0.5) is 5.69 Å². The lowest BCUT2D eigenvalue weighted by molar-refractivity contribution is 0.393. The van der Waals surface area contributed by atoms with E-state index in [9.17, 15) is 0 Å². The van der Waals surface area contributed by atoms with Gasteiger partial charge in [0.05, 0.1) is 25.5 Å². The molecule has 0 saturated heterocycles. The molecule has 2 aromatic heterocycles. The van der Waals surface area contributed by atoms with Gasteiger partial charge < -0.3 is 10.1 Å². The molecule has 0 aliphatic rings. The zero-order valence-electron chi connectivity index (χ0n) is 9.64. The van der Waals surface area contributed by atoms with Crippen LogP contribution in [0.3, 0.4) is 0 Å². The van der Waals surface area contributed by atoms with Crippen molar-refractivity contribution in [3.05, 3.63) is 24.2 Å². The molecule has 0 aromatic carbocycles. The van der Waals surface area contributed by atoms with Crippen LogP contribution in [-0.4, -0.2) is 26.7 Å². The average Bonchev–Trinajstić information content (AvgIpc) is 2.81. The van der Waals surface area contributed by atoms with Gasteiger partial charge in [-0.15, -0.1) is 5.10 Å². The van der Waals surface area contributed by atoms with Gasteiger partial charge >= 0.3 is 0 Å². The molecule has 6 nitrogen and oxygen atoms in total. The van der Waals surface area contributed by atoms with Crippen molar-refractivity contribution < 1.29 is 4.74 Å². The number of aryl methyl sites for hydroxylation is 2. The maximum absolute atomic E-state index is 5.14. The zero-order valence-corrected chi connectivity index (χ0v) is 9.64. The van der Waals surface area contributed by atoms with Gasteiger partial charge in [0.2, 0.25) is 0 Å². The van der Waals surface area contributed by atoms with E-state index in [1.165, 1.54) is 0 Å². The first-order valence-corrected chi connectivity index (χ1v) is 4.99. The fourth-order valence-corrected chi connectivity index (χ4v) is 1.48. The Morgan fingerprint density at radius 1 is 1.31 bits per heavy atom. The molecule has 0 atom stereocenters. The maximum Gasteiger partial charge on any atom is 0.256 e. The van der Waals surface area contributed by atoms with Crippen molar-refractivity contribution in [3.63, 3.8) is 0 Å². The van der Waals surface area contributed by atoms with E-state index in [1.807, 2.05) is 32.6 Å². The molecule has 0 unspecified atom stereocenters. The van der Waals surface area contributed by atoms with Crippen LogP contribution in [0.5, 0.6) is 5.88 Å². The molecule has 0 saturated carbocycles. The second-order valence-corrected chi connectivity index (χ2v) is 3.56. The first kappa shape index (κ1) is 10.5. The summed E-state index contributed by atoms with van der Waals surface area (Å²) < 4.78 is 8.62. The summed E-state index contributed by atoms with van der Waals surface area (Å²) in [7, 11) is 5.36. The van der Waals surface area contributed by atoms with Gasteiger partial charge in [-0.2, -0.15) is 5.10 Å². The van der Waals surface area contributed by atoms with Crippen molar-refractivity contribution in [3.8, 4) is 5.88 Å². The number of ether oxygens (including phenoxy) is 1. The number of anilines is 1. The van der Waals surface area contributed by atoms with Crippen LogP contribution in [0.25, 0.3) is 0 Å². The molecule has 0 aliphatic heterocycles. The van der Waals surface area contributed by atoms with Gasteiger partial charge in [-0.05, 0) is 6.07 Å². The Balaban J connectivity index is 2.04. The van der Waals surface area contributed by atoms with Gasteiger partial charge in [-0.1, -0.05) is 0 Å². The van der Waals surface area contributed by atoms with E-state index >= 15 is 0 Å². The zero-order chi connectivity index (χ0) is 11.5. The number of nitrogens with zero attached hydrogens (tertiary/aromatic N) is 4. The van der Waals surface area contributed by atoms with Crippen LogP contribution < -0.4 is 10.1 Å². The van der Waals surface area contributed by atoms with Crippen molar-refractivity contribution in [2.75, 3.05) is 12.4 Å². The number of methoxy groups -OCH3 is 1. The minimum atomic E-state index is 0.596. The predicted molar refractivity (Wildman–Crippen MR) is 60.3 cm³/mol. The monoisotopic (exact) mass is 221 g/mol. The molecule has 0 spiro atoms. The van der Waals surface area contributed by atoms with Crippen LogP contribution in [-0.2, 0) is 20.6 Å². The second-order valence-electron chi connectivity index (χ2n) is 3.56. The minimum Gasteiger partial charge on any atom is -0.478 e. The maximum atomic E-state index is 5.14. The molecule has 1 N–H and O–H groups in total. The Labute approximate surface area is 93.8 Å². The lowest BCUT2D eigenvalue weighted by Crippen LogP contribution is -2.01. The van der Waals surface area contributed by atoms with Crippen molar-refractivity contribution in [1.82, 2.24) is 19.6 Å². The summed E-state index contributed by atoms with van der Waals surface area (Å²) in [5.74, 6) is 0.596. The van der Waals surface area contributed by atoms with Crippen molar-refractivity contribution in [1.29, 1.82) is 0 Å². The molecule has 0 amide bonds. The van der Waals surface area contributed by atoms with Crippen molar-refractivity contribution >= 4 is 5.69 Å². The van der Waals surface area contributed by atoms with Gasteiger partial charge in [-0.3, -0.25) is 9.36 Å². The van der Waals surface area contributed by atoms with Gasteiger partial charge in [0, 0.05) is 20.3 Å². The number of hydrogen-bond acceptors (Lipinski definition) is 4. The lowest BCUT2D eigenvalue weighted by atomic mass is 10.4.